The van der Waals surface area contributed by atoms with E-state index in [1.54, 1.807) is 18.5 Å². The number of rotatable bonds is 6. The van der Waals surface area contributed by atoms with Gasteiger partial charge in [-0.3, -0.25) is 4.55 Å². The van der Waals surface area contributed by atoms with Gasteiger partial charge in [-0.2, -0.15) is 8.42 Å². The SMILES string of the molecule is Cc1cc(/N=N/c2nccs2)c(C(=O)O)cc1NCS(=O)(=O)O. The van der Waals surface area contributed by atoms with E-state index in [0.29, 0.717) is 10.7 Å². The predicted molar refractivity (Wildman–Crippen MR) is 84.5 cm³/mol. The van der Waals surface area contributed by atoms with Gasteiger partial charge in [-0.1, -0.05) is 0 Å². The fraction of sp³-hybridized carbons (Fsp3) is 0.167. The molecule has 0 fully saturated rings. The highest BCUT2D eigenvalue weighted by molar-refractivity contribution is 7.85. The Morgan fingerprint density at radius 3 is 2.70 bits per heavy atom. The van der Waals surface area contributed by atoms with Crippen molar-refractivity contribution in [3.8, 4) is 0 Å². The van der Waals surface area contributed by atoms with Crippen LogP contribution in [0.1, 0.15) is 15.9 Å². The number of thiazole rings is 1. The number of hydrogen-bond donors (Lipinski definition) is 3. The summed E-state index contributed by atoms with van der Waals surface area (Å²) in [7, 11) is -4.23. The topological polar surface area (TPSA) is 141 Å². The van der Waals surface area contributed by atoms with Crippen LogP contribution in [-0.2, 0) is 10.1 Å². The van der Waals surface area contributed by atoms with Crippen LogP contribution in [0.5, 0.6) is 0 Å². The summed E-state index contributed by atoms with van der Waals surface area (Å²) in [5.74, 6) is -1.97. The molecule has 122 valence electrons. The highest BCUT2D eigenvalue weighted by atomic mass is 32.2. The minimum Gasteiger partial charge on any atom is -0.478 e. The van der Waals surface area contributed by atoms with Crippen molar-refractivity contribution < 1.29 is 22.9 Å². The molecule has 0 aliphatic rings. The molecule has 0 amide bonds. The number of nitrogens with one attached hydrogen (secondary N) is 1. The predicted octanol–water partition coefficient (Wildman–Crippen LogP) is 2.82. The second-order valence-corrected chi connectivity index (χ2v) is 6.73. The number of carboxylic acids is 1. The smallest absolute Gasteiger partial charge is 0.338 e. The van der Waals surface area contributed by atoms with E-state index in [-0.39, 0.29) is 16.9 Å². The van der Waals surface area contributed by atoms with Crippen molar-refractivity contribution in [3.05, 3.63) is 34.8 Å². The third-order valence-electron chi connectivity index (χ3n) is 2.68. The second-order valence-electron chi connectivity index (χ2n) is 4.41. The number of carboxylic acid groups (broad SMARTS) is 1. The number of nitrogens with zero attached hydrogens (tertiary/aromatic N) is 3. The molecule has 0 atom stereocenters. The number of hydrogen-bond acceptors (Lipinski definition) is 8. The average Bonchev–Trinajstić information content (AvgIpc) is 2.95. The minimum atomic E-state index is -4.23. The number of aromatic carboxylic acids is 1. The molecule has 9 nitrogen and oxygen atoms in total. The van der Waals surface area contributed by atoms with Gasteiger partial charge < -0.3 is 10.4 Å². The first-order valence-electron chi connectivity index (χ1n) is 6.14. The summed E-state index contributed by atoms with van der Waals surface area (Å²) < 4.78 is 30.3. The molecule has 0 aliphatic heterocycles. The van der Waals surface area contributed by atoms with Crippen LogP contribution >= 0.6 is 11.3 Å². The van der Waals surface area contributed by atoms with Crippen molar-refractivity contribution in [1.82, 2.24) is 4.98 Å². The number of benzene rings is 1. The molecule has 1 heterocycles. The summed E-state index contributed by atoms with van der Waals surface area (Å²) >= 11 is 1.25. The average molecular weight is 356 g/mol. The van der Waals surface area contributed by atoms with Crippen LogP contribution in [0.3, 0.4) is 0 Å². The molecule has 0 aliphatic carbocycles. The molecule has 0 unspecified atom stereocenters. The zero-order chi connectivity index (χ0) is 17.0. The van der Waals surface area contributed by atoms with Crippen molar-refractivity contribution in [1.29, 1.82) is 0 Å². The van der Waals surface area contributed by atoms with Gasteiger partial charge in [0.25, 0.3) is 10.1 Å². The second kappa shape index (κ2) is 6.81. The standard InChI is InChI=1S/C12H12N4O5S2/c1-7-4-10(15-16-12-13-2-3-22-12)8(11(17)18)5-9(7)14-6-23(19,20)21/h2-5,14H,6H2,1H3,(H,17,18)(H,19,20,21)/b16-15+. The zero-order valence-electron chi connectivity index (χ0n) is 11.8. The maximum Gasteiger partial charge on any atom is 0.338 e. The number of aromatic nitrogens is 1. The Bertz CT molecular complexity index is 847. The molecule has 2 rings (SSSR count). The number of aryl methyl sites for hydroxylation is 1. The van der Waals surface area contributed by atoms with Gasteiger partial charge in [0, 0.05) is 17.3 Å². The van der Waals surface area contributed by atoms with E-state index in [1.807, 2.05) is 0 Å². The quantitative estimate of drug-likeness (QED) is 0.533. The Morgan fingerprint density at radius 2 is 2.13 bits per heavy atom. The fourth-order valence-electron chi connectivity index (χ4n) is 1.67. The van der Waals surface area contributed by atoms with E-state index in [2.05, 4.69) is 20.5 Å². The lowest BCUT2D eigenvalue weighted by Gasteiger charge is -2.10. The largest absolute Gasteiger partial charge is 0.478 e. The van der Waals surface area contributed by atoms with Crippen LogP contribution in [0, 0.1) is 6.92 Å². The lowest BCUT2D eigenvalue weighted by molar-refractivity contribution is 0.0698. The molecule has 3 N–H and O–H groups in total. The van der Waals surface area contributed by atoms with Gasteiger partial charge in [-0.05, 0) is 24.6 Å². The maximum absolute atomic E-state index is 11.3. The van der Waals surface area contributed by atoms with Crippen molar-refractivity contribution in [2.24, 2.45) is 10.2 Å². The molecule has 1 aromatic carbocycles. The monoisotopic (exact) mass is 356 g/mol. The highest BCUT2D eigenvalue weighted by Gasteiger charge is 2.15. The summed E-state index contributed by atoms with van der Waals surface area (Å²) in [4.78, 5) is 15.2. The molecule has 11 heteroatoms. The van der Waals surface area contributed by atoms with Gasteiger partial charge in [0.1, 0.15) is 11.6 Å². The summed E-state index contributed by atoms with van der Waals surface area (Å²) in [6, 6.07) is 2.69. The van der Waals surface area contributed by atoms with E-state index in [4.69, 9.17) is 4.55 Å². The molecule has 0 bridgehead atoms. The van der Waals surface area contributed by atoms with Gasteiger partial charge in [0.15, 0.2) is 0 Å². The lowest BCUT2D eigenvalue weighted by atomic mass is 10.1. The van der Waals surface area contributed by atoms with Gasteiger partial charge in [0.2, 0.25) is 5.13 Å². The first-order chi connectivity index (χ1) is 10.8. The third kappa shape index (κ3) is 4.81. The van der Waals surface area contributed by atoms with Gasteiger partial charge >= 0.3 is 5.97 Å². The van der Waals surface area contributed by atoms with Crippen LogP contribution in [0.4, 0.5) is 16.5 Å². The van der Waals surface area contributed by atoms with Crippen LogP contribution < -0.4 is 5.32 Å². The molecule has 2 aromatic rings. The number of anilines is 1. The van der Waals surface area contributed by atoms with Gasteiger partial charge in [-0.25, -0.2) is 9.78 Å². The molecule has 0 radical (unpaired) electrons. The maximum atomic E-state index is 11.3. The van der Waals surface area contributed by atoms with Crippen molar-refractivity contribution in [3.63, 3.8) is 0 Å². The summed E-state index contributed by atoms with van der Waals surface area (Å²) in [6.07, 6.45) is 1.55. The molecule has 0 saturated carbocycles. The Kier molecular flexibility index (Phi) is 5.03. The molecule has 23 heavy (non-hydrogen) atoms. The number of carbonyl (C=O) groups is 1. The van der Waals surface area contributed by atoms with E-state index in [1.165, 1.54) is 23.5 Å². The lowest BCUT2D eigenvalue weighted by Crippen LogP contribution is -2.14. The van der Waals surface area contributed by atoms with E-state index in [9.17, 15) is 18.3 Å². The van der Waals surface area contributed by atoms with E-state index >= 15 is 0 Å². The van der Waals surface area contributed by atoms with E-state index in [0.717, 1.165) is 0 Å². The zero-order valence-corrected chi connectivity index (χ0v) is 13.4. The van der Waals surface area contributed by atoms with Gasteiger partial charge in [-0.15, -0.1) is 21.6 Å². The number of azo groups is 1. The molecular formula is C12H12N4O5S2. The summed E-state index contributed by atoms with van der Waals surface area (Å²) in [5, 5.41) is 21.5. The van der Waals surface area contributed by atoms with Crippen LogP contribution in [-0.4, -0.2) is 34.9 Å². The van der Waals surface area contributed by atoms with Crippen molar-refractivity contribution in [2.75, 3.05) is 11.2 Å². The first-order valence-corrected chi connectivity index (χ1v) is 8.63. The van der Waals surface area contributed by atoms with Crippen molar-refractivity contribution >= 4 is 43.9 Å². The molecule has 0 saturated heterocycles. The van der Waals surface area contributed by atoms with Crippen LogP contribution in [0.2, 0.25) is 0 Å². The van der Waals surface area contributed by atoms with Gasteiger partial charge in [0.05, 0.1) is 5.56 Å². The highest BCUT2D eigenvalue weighted by Crippen LogP contribution is 2.29. The first kappa shape index (κ1) is 17.0. The molecule has 1 aromatic heterocycles. The summed E-state index contributed by atoms with van der Waals surface area (Å²) in [5.41, 5.74) is 0.760. The molecule has 0 spiro atoms. The van der Waals surface area contributed by atoms with Crippen molar-refractivity contribution in [2.45, 2.75) is 6.92 Å². The Balaban J connectivity index is 2.36. The minimum absolute atomic E-state index is 0.114. The van der Waals surface area contributed by atoms with Crippen LogP contribution in [0.15, 0.2) is 33.9 Å². The van der Waals surface area contributed by atoms with Crippen LogP contribution in [0.25, 0.3) is 0 Å². The van der Waals surface area contributed by atoms with E-state index < -0.39 is 22.0 Å². The molecular weight excluding hydrogens is 344 g/mol. The Labute approximate surface area is 135 Å². The fourth-order valence-corrected chi connectivity index (χ4v) is 2.46. The Hall–Kier alpha value is -2.37. The Morgan fingerprint density at radius 1 is 1.39 bits per heavy atom. The normalized spacial score (nSPS) is 11.7. The third-order valence-corrected chi connectivity index (χ3v) is 3.85. The summed E-state index contributed by atoms with van der Waals surface area (Å²) in [6.45, 7) is 1.64.